The summed E-state index contributed by atoms with van der Waals surface area (Å²) in [5, 5.41) is 3.26. The van der Waals surface area contributed by atoms with Crippen LogP contribution in [-0.2, 0) is 0 Å². The monoisotopic (exact) mass is 270 g/mol. The van der Waals surface area contributed by atoms with E-state index in [2.05, 4.69) is 31.2 Å². The maximum atomic E-state index is 5.58. The van der Waals surface area contributed by atoms with Crippen LogP contribution in [0.15, 0.2) is 16.9 Å². The van der Waals surface area contributed by atoms with Gasteiger partial charge in [0, 0.05) is 18.9 Å². The molecule has 0 bridgehead atoms. The minimum Gasteiger partial charge on any atom is -0.354 e. The summed E-state index contributed by atoms with van der Waals surface area (Å²) in [5.74, 6) is 0.696. The van der Waals surface area contributed by atoms with E-state index in [0.717, 1.165) is 24.0 Å². The lowest BCUT2D eigenvalue weighted by Gasteiger charge is -2.14. The molecule has 0 saturated heterocycles. The van der Waals surface area contributed by atoms with Gasteiger partial charge in [0.15, 0.2) is 0 Å². The van der Waals surface area contributed by atoms with E-state index in [1.165, 1.54) is 12.8 Å². The molecule has 0 aliphatic heterocycles. The zero-order chi connectivity index (χ0) is 10.7. The molecule has 15 heavy (non-hydrogen) atoms. The average molecular weight is 271 g/mol. The SMILES string of the molecule is NCCC1(CNc2ncc(Br)cn2)CC1. The first-order valence-electron chi connectivity index (χ1n) is 5.16. The van der Waals surface area contributed by atoms with Crippen LogP contribution < -0.4 is 11.1 Å². The van der Waals surface area contributed by atoms with E-state index in [-0.39, 0.29) is 0 Å². The molecule has 0 aromatic carbocycles. The maximum Gasteiger partial charge on any atom is 0.222 e. The van der Waals surface area contributed by atoms with Crippen LogP contribution in [0.2, 0.25) is 0 Å². The Hall–Kier alpha value is -0.680. The third kappa shape index (κ3) is 2.89. The first kappa shape index (κ1) is 10.8. The first-order valence-corrected chi connectivity index (χ1v) is 5.95. The lowest BCUT2D eigenvalue weighted by Crippen LogP contribution is -2.20. The molecule has 0 radical (unpaired) electrons. The van der Waals surface area contributed by atoms with Crippen LogP contribution in [0.4, 0.5) is 5.95 Å². The summed E-state index contributed by atoms with van der Waals surface area (Å²) in [7, 11) is 0. The summed E-state index contributed by atoms with van der Waals surface area (Å²) >= 11 is 3.30. The third-order valence-corrected chi connectivity index (χ3v) is 3.28. The van der Waals surface area contributed by atoms with Crippen LogP contribution in [-0.4, -0.2) is 23.1 Å². The number of halogens is 1. The maximum absolute atomic E-state index is 5.58. The van der Waals surface area contributed by atoms with E-state index in [1.807, 2.05) is 0 Å². The largest absolute Gasteiger partial charge is 0.354 e. The quantitative estimate of drug-likeness (QED) is 0.856. The Morgan fingerprint density at radius 1 is 1.40 bits per heavy atom. The number of rotatable bonds is 5. The van der Waals surface area contributed by atoms with E-state index in [0.29, 0.717) is 11.4 Å². The van der Waals surface area contributed by atoms with Crippen LogP contribution in [0.1, 0.15) is 19.3 Å². The van der Waals surface area contributed by atoms with Crippen molar-refractivity contribution in [3.05, 3.63) is 16.9 Å². The number of hydrogen-bond acceptors (Lipinski definition) is 4. The van der Waals surface area contributed by atoms with E-state index < -0.39 is 0 Å². The van der Waals surface area contributed by atoms with Gasteiger partial charge in [-0.3, -0.25) is 0 Å². The van der Waals surface area contributed by atoms with Crippen molar-refractivity contribution in [2.75, 3.05) is 18.4 Å². The summed E-state index contributed by atoms with van der Waals surface area (Å²) < 4.78 is 0.899. The Morgan fingerprint density at radius 3 is 2.60 bits per heavy atom. The number of anilines is 1. The molecular weight excluding hydrogens is 256 g/mol. The molecular formula is C10H15BrN4. The van der Waals surface area contributed by atoms with Crippen molar-refractivity contribution in [2.24, 2.45) is 11.1 Å². The van der Waals surface area contributed by atoms with Gasteiger partial charge in [0.2, 0.25) is 5.95 Å². The summed E-state index contributed by atoms with van der Waals surface area (Å²) in [6.07, 6.45) is 7.13. The van der Waals surface area contributed by atoms with Gasteiger partial charge in [-0.15, -0.1) is 0 Å². The first-order chi connectivity index (χ1) is 7.24. The number of nitrogens with zero attached hydrogens (tertiary/aromatic N) is 2. The number of hydrogen-bond donors (Lipinski definition) is 2. The Labute approximate surface area is 97.8 Å². The van der Waals surface area contributed by atoms with Crippen molar-refractivity contribution in [3.8, 4) is 0 Å². The van der Waals surface area contributed by atoms with Crippen molar-refractivity contribution in [3.63, 3.8) is 0 Å². The molecule has 1 heterocycles. The summed E-state index contributed by atoms with van der Waals surface area (Å²) in [4.78, 5) is 8.34. The van der Waals surface area contributed by atoms with Gasteiger partial charge in [-0.05, 0) is 47.2 Å². The number of nitrogens with two attached hydrogens (primary N) is 1. The predicted molar refractivity (Wildman–Crippen MR) is 63.6 cm³/mol. The second-order valence-electron chi connectivity index (χ2n) is 4.12. The fraction of sp³-hybridized carbons (Fsp3) is 0.600. The van der Waals surface area contributed by atoms with E-state index in [9.17, 15) is 0 Å². The van der Waals surface area contributed by atoms with Crippen molar-refractivity contribution >= 4 is 21.9 Å². The Balaban J connectivity index is 1.85. The highest BCUT2D eigenvalue weighted by molar-refractivity contribution is 9.10. The standard InChI is InChI=1S/C10H15BrN4/c11-8-5-13-9(14-6-8)15-7-10(1-2-10)3-4-12/h5-6H,1-4,7,12H2,(H,13,14,15). The van der Waals surface area contributed by atoms with Crippen molar-refractivity contribution in [1.29, 1.82) is 0 Å². The van der Waals surface area contributed by atoms with Gasteiger partial charge in [0.25, 0.3) is 0 Å². The van der Waals surface area contributed by atoms with E-state index in [1.54, 1.807) is 12.4 Å². The highest BCUT2D eigenvalue weighted by Gasteiger charge is 2.41. The average Bonchev–Trinajstić information content (AvgIpc) is 2.99. The molecule has 0 amide bonds. The zero-order valence-corrected chi connectivity index (χ0v) is 10.1. The fourth-order valence-corrected chi connectivity index (χ4v) is 1.87. The normalized spacial score (nSPS) is 17.5. The van der Waals surface area contributed by atoms with Crippen LogP contribution in [0, 0.1) is 5.41 Å². The zero-order valence-electron chi connectivity index (χ0n) is 8.54. The fourth-order valence-electron chi connectivity index (χ4n) is 1.67. The van der Waals surface area contributed by atoms with Gasteiger partial charge in [-0.2, -0.15) is 0 Å². The smallest absolute Gasteiger partial charge is 0.222 e. The number of nitrogens with one attached hydrogen (secondary N) is 1. The van der Waals surface area contributed by atoms with E-state index in [4.69, 9.17) is 5.73 Å². The minimum atomic E-state index is 0.422. The van der Waals surface area contributed by atoms with Crippen molar-refractivity contribution < 1.29 is 0 Å². The molecule has 0 atom stereocenters. The third-order valence-electron chi connectivity index (χ3n) is 2.87. The molecule has 1 saturated carbocycles. The van der Waals surface area contributed by atoms with Gasteiger partial charge < -0.3 is 11.1 Å². The van der Waals surface area contributed by atoms with Crippen molar-refractivity contribution in [2.45, 2.75) is 19.3 Å². The molecule has 1 aliphatic rings. The minimum absolute atomic E-state index is 0.422. The Bertz CT molecular complexity index is 321. The molecule has 1 fully saturated rings. The molecule has 82 valence electrons. The molecule has 0 unspecified atom stereocenters. The van der Waals surface area contributed by atoms with Crippen LogP contribution in [0.25, 0.3) is 0 Å². The van der Waals surface area contributed by atoms with Crippen molar-refractivity contribution in [1.82, 2.24) is 9.97 Å². The lowest BCUT2D eigenvalue weighted by atomic mass is 10.0. The highest BCUT2D eigenvalue weighted by atomic mass is 79.9. The summed E-state index contributed by atoms with van der Waals surface area (Å²) in [5.41, 5.74) is 6.00. The van der Waals surface area contributed by atoms with Gasteiger partial charge in [0.05, 0.1) is 4.47 Å². The Kier molecular flexibility index (Phi) is 3.21. The predicted octanol–water partition coefficient (Wildman–Crippen LogP) is 1.78. The molecule has 2 rings (SSSR count). The lowest BCUT2D eigenvalue weighted by molar-refractivity contribution is 0.500. The van der Waals surface area contributed by atoms with Gasteiger partial charge >= 0.3 is 0 Å². The highest BCUT2D eigenvalue weighted by Crippen LogP contribution is 2.48. The molecule has 1 aromatic rings. The molecule has 4 nitrogen and oxygen atoms in total. The molecule has 5 heteroatoms. The number of aromatic nitrogens is 2. The topological polar surface area (TPSA) is 63.8 Å². The van der Waals surface area contributed by atoms with Crippen LogP contribution in [0.3, 0.4) is 0 Å². The van der Waals surface area contributed by atoms with Gasteiger partial charge in [-0.1, -0.05) is 0 Å². The molecule has 3 N–H and O–H groups in total. The second kappa shape index (κ2) is 4.45. The second-order valence-corrected chi connectivity index (χ2v) is 5.03. The summed E-state index contributed by atoms with van der Waals surface area (Å²) in [6.45, 7) is 1.70. The molecule has 0 spiro atoms. The van der Waals surface area contributed by atoms with E-state index >= 15 is 0 Å². The molecule has 1 aromatic heterocycles. The molecule has 1 aliphatic carbocycles. The van der Waals surface area contributed by atoms with Gasteiger partial charge in [0.1, 0.15) is 0 Å². The van der Waals surface area contributed by atoms with Crippen LogP contribution >= 0.6 is 15.9 Å². The summed E-state index contributed by atoms with van der Waals surface area (Å²) in [6, 6.07) is 0. The van der Waals surface area contributed by atoms with Crippen LogP contribution in [0.5, 0.6) is 0 Å². The Morgan fingerprint density at radius 2 is 2.07 bits per heavy atom. The van der Waals surface area contributed by atoms with Gasteiger partial charge in [-0.25, -0.2) is 9.97 Å².